The molecular weight excluding hydrogens is 297 g/mol. The molecule has 1 aromatic rings. The fraction of sp³-hybridized carbons (Fsp3) is 0.0909. The van der Waals surface area contributed by atoms with Gasteiger partial charge < -0.3 is 5.32 Å². The molecule has 17 heavy (non-hydrogen) atoms. The summed E-state index contributed by atoms with van der Waals surface area (Å²) in [5, 5.41) is 3.54. The van der Waals surface area contributed by atoms with Gasteiger partial charge >= 0.3 is 0 Å². The van der Waals surface area contributed by atoms with Gasteiger partial charge in [0.15, 0.2) is 0 Å². The lowest BCUT2D eigenvalue weighted by atomic mass is 10.1. The van der Waals surface area contributed by atoms with E-state index in [2.05, 4.69) is 5.32 Å². The third kappa shape index (κ3) is 2.65. The predicted molar refractivity (Wildman–Crippen MR) is 77.4 cm³/mol. The van der Waals surface area contributed by atoms with Crippen LogP contribution in [0.15, 0.2) is 23.1 Å². The Kier molecular flexibility index (Phi) is 3.78. The van der Waals surface area contributed by atoms with Crippen LogP contribution in [-0.2, 0) is 4.79 Å². The topological polar surface area (TPSA) is 29.1 Å². The van der Waals surface area contributed by atoms with Crippen LogP contribution in [0.2, 0.25) is 10.0 Å². The lowest BCUT2D eigenvalue weighted by molar-refractivity contribution is -0.115. The van der Waals surface area contributed by atoms with Crippen molar-refractivity contribution in [3.05, 3.63) is 38.7 Å². The molecule has 1 aromatic carbocycles. The van der Waals surface area contributed by atoms with Crippen LogP contribution in [0.4, 0.5) is 0 Å². The Balaban J connectivity index is 2.46. The Morgan fingerprint density at radius 3 is 2.59 bits per heavy atom. The molecule has 0 aromatic heterocycles. The number of halogens is 2. The zero-order valence-corrected chi connectivity index (χ0v) is 11.9. The Hall–Kier alpha value is -0.550. The van der Waals surface area contributed by atoms with Crippen molar-refractivity contribution < 1.29 is 4.79 Å². The highest BCUT2D eigenvalue weighted by Gasteiger charge is 2.24. The van der Waals surface area contributed by atoms with Gasteiger partial charge in [-0.25, -0.2) is 0 Å². The van der Waals surface area contributed by atoms with Crippen LogP contribution < -0.4 is 5.32 Å². The van der Waals surface area contributed by atoms with Crippen LogP contribution in [0.25, 0.3) is 5.57 Å². The molecule has 0 saturated carbocycles. The predicted octanol–water partition coefficient (Wildman–Crippen LogP) is 3.87. The van der Waals surface area contributed by atoms with E-state index in [0.717, 1.165) is 11.1 Å². The second kappa shape index (κ2) is 4.98. The molecule has 0 atom stereocenters. The number of carbonyl (C=O) groups is 1. The summed E-state index contributed by atoms with van der Waals surface area (Å²) in [7, 11) is 0. The first-order valence-corrected chi connectivity index (χ1v) is 6.66. The van der Waals surface area contributed by atoms with Crippen LogP contribution >= 0.6 is 47.2 Å². The number of thioether (sulfide) groups is 1. The summed E-state index contributed by atoms with van der Waals surface area (Å²) in [5.41, 5.74) is 1.70. The van der Waals surface area contributed by atoms with Crippen LogP contribution in [0.5, 0.6) is 0 Å². The normalized spacial score (nSPS) is 18.3. The van der Waals surface area contributed by atoms with Gasteiger partial charge in [-0.2, -0.15) is 0 Å². The van der Waals surface area contributed by atoms with Gasteiger partial charge in [0, 0.05) is 0 Å². The maximum Gasteiger partial charge on any atom is 0.263 e. The lowest BCUT2D eigenvalue weighted by Gasteiger charge is -2.05. The van der Waals surface area contributed by atoms with E-state index in [-0.39, 0.29) is 5.91 Å². The fourth-order valence-corrected chi connectivity index (χ4v) is 2.81. The Bertz CT molecular complexity index is 554. The molecule has 1 fully saturated rings. The van der Waals surface area contributed by atoms with Crippen molar-refractivity contribution in [3.63, 3.8) is 0 Å². The molecular formula is C11H7Cl2NOS2. The van der Waals surface area contributed by atoms with Crippen LogP contribution in [0, 0.1) is 0 Å². The van der Waals surface area contributed by atoms with Gasteiger partial charge in [-0.15, -0.1) is 0 Å². The largest absolute Gasteiger partial charge is 0.307 e. The molecule has 88 valence electrons. The first kappa shape index (κ1) is 12.9. The number of hydrogen-bond donors (Lipinski definition) is 1. The van der Waals surface area contributed by atoms with Gasteiger partial charge in [0.25, 0.3) is 5.91 Å². The Morgan fingerprint density at radius 1 is 1.35 bits per heavy atom. The quantitative estimate of drug-likeness (QED) is 0.631. The molecule has 0 radical (unpaired) electrons. The highest BCUT2D eigenvalue weighted by atomic mass is 35.5. The Labute approximate surface area is 118 Å². The van der Waals surface area contributed by atoms with Crippen LogP contribution in [0.1, 0.15) is 12.5 Å². The fourth-order valence-electron chi connectivity index (χ4n) is 1.42. The summed E-state index contributed by atoms with van der Waals surface area (Å²) in [5.74, 6) is -0.163. The van der Waals surface area contributed by atoms with E-state index >= 15 is 0 Å². The highest BCUT2D eigenvalue weighted by Crippen LogP contribution is 2.33. The number of nitrogens with one attached hydrogen (secondary N) is 1. The average Bonchev–Trinajstić information content (AvgIpc) is 2.61. The molecule has 0 spiro atoms. The number of hydrogen-bond acceptors (Lipinski definition) is 3. The van der Waals surface area contributed by atoms with E-state index in [4.69, 9.17) is 35.4 Å². The van der Waals surface area contributed by atoms with Gasteiger partial charge in [-0.3, -0.25) is 4.79 Å². The number of thiocarbonyl (C=S) groups is 1. The van der Waals surface area contributed by atoms with Gasteiger partial charge in [0.2, 0.25) is 0 Å². The summed E-state index contributed by atoms with van der Waals surface area (Å²) in [6.45, 7) is 1.86. The standard InChI is InChI=1S/C11H7Cl2NOS2/c1-5(9-10(15)14-11(16)17-9)6-2-3-7(12)8(13)4-6/h2-4H,1H3,(H,14,15,16). The molecule has 0 aliphatic carbocycles. The molecule has 2 rings (SSSR count). The van der Waals surface area contributed by atoms with Gasteiger partial charge in [0.1, 0.15) is 4.32 Å². The first-order chi connectivity index (χ1) is 7.99. The van der Waals surface area contributed by atoms with Crippen molar-refractivity contribution in [2.24, 2.45) is 0 Å². The van der Waals surface area contributed by atoms with Crippen molar-refractivity contribution in [2.75, 3.05) is 0 Å². The molecule has 1 N–H and O–H groups in total. The summed E-state index contributed by atoms with van der Waals surface area (Å²) in [4.78, 5) is 12.2. The molecule has 0 unspecified atom stereocenters. The summed E-state index contributed by atoms with van der Waals surface area (Å²) < 4.78 is 0.476. The van der Waals surface area contributed by atoms with Gasteiger partial charge in [0.05, 0.1) is 15.0 Å². The number of amides is 1. The maximum atomic E-state index is 11.6. The van der Waals surface area contributed by atoms with E-state index in [0.29, 0.717) is 19.3 Å². The molecule has 6 heteroatoms. The van der Waals surface area contributed by atoms with Crippen molar-refractivity contribution in [3.8, 4) is 0 Å². The lowest BCUT2D eigenvalue weighted by Crippen LogP contribution is -2.18. The molecule has 1 heterocycles. The molecule has 1 amide bonds. The van der Waals surface area contributed by atoms with E-state index in [1.54, 1.807) is 12.1 Å². The Morgan fingerprint density at radius 2 is 2.06 bits per heavy atom. The van der Waals surface area contributed by atoms with E-state index in [9.17, 15) is 4.79 Å². The highest BCUT2D eigenvalue weighted by molar-refractivity contribution is 8.26. The first-order valence-electron chi connectivity index (χ1n) is 4.68. The molecule has 1 saturated heterocycles. The zero-order chi connectivity index (χ0) is 12.6. The monoisotopic (exact) mass is 303 g/mol. The van der Waals surface area contributed by atoms with Crippen molar-refractivity contribution in [1.29, 1.82) is 0 Å². The number of rotatable bonds is 1. The maximum absolute atomic E-state index is 11.6. The van der Waals surface area contributed by atoms with Crippen molar-refractivity contribution in [2.45, 2.75) is 6.92 Å². The number of carbonyl (C=O) groups excluding carboxylic acids is 1. The summed E-state index contributed by atoms with van der Waals surface area (Å²) in [6, 6.07) is 5.27. The van der Waals surface area contributed by atoms with E-state index in [1.165, 1.54) is 11.8 Å². The minimum absolute atomic E-state index is 0.163. The minimum Gasteiger partial charge on any atom is -0.307 e. The number of allylic oxidation sites excluding steroid dienone is 1. The van der Waals surface area contributed by atoms with E-state index in [1.807, 2.05) is 13.0 Å². The second-order valence-corrected chi connectivity index (χ2v) is 5.93. The van der Waals surface area contributed by atoms with E-state index < -0.39 is 0 Å². The van der Waals surface area contributed by atoms with Gasteiger partial charge in [-0.1, -0.05) is 53.2 Å². The van der Waals surface area contributed by atoms with Gasteiger partial charge in [-0.05, 0) is 30.2 Å². The second-order valence-electron chi connectivity index (χ2n) is 3.43. The smallest absolute Gasteiger partial charge is 0.263 e. The van der Waals surface area contributed by atoms with Crippen molar-refractivity contribution >= 4 is 63.0 Å². The summed E-state index contributed by atoms with van der Waals surface area (Å²) >= 11 is 18.0. The van der Waals surface area contributed by atoms with Crippen LogP contribution in [-0.4, -0.2) is 10.2 Å². The SMILES string of the molecule is CC(=C1SC(=S)NC1=O)c1ccc(Cl)c(Cl)c1. The van der Waals surface area contributed by atoms with Crippen molar-refractivity contribution in [1.82, 2.24) is 5.32 Å². The summed E-state index contributed by atoms with van der Waals surface area (Å²) in [6.07, 6.45) is 0. The minimum atomic E-state index is -0.163. The molecule has 2 nitrogen and oxygen atoms in total. The molecule has 0 bridgehead atoms. The van der Waals surface area contributed by atoms with Crippen LogP contribution in [0.3, 0.4) is 0 Å². The number of benzene rings is 1. The zero-order valence-electron chi connectivity index (χ0n) is 8.71. The third-order valence-electron chi connectivity index (χ3n) is 2.31. The molecule has 1 aliphatic rings. The average molecular weight is 304 g/mol. The third-order valence-corrected chi connectivity index (χ3v) is 4.38. The molecule has 1 aliphatic heterocycles.